The Labute approximate surface area is 121 Å². The zero-order valence-electron chi connectivity index (χ0n) is 12.6. The highest BCUT2D eigenvalue weighted by Gasteiger charge is 2.18. The number of para-hydroxylation sites is 1. The lowest BCUT2D eigenvalue weighted by molar-refractivity contribution is 0.0555. The standard InChI is InChI=1S/C16H26N2O2/c1-3-16(2,19)13-17-12-14-6-4-5-7-15(14)18-8-10-20-11-9-18/h4-7,17,19H,3,8-13H2,1-2H3/t16-/m0/s1. The Morgan fingerprint density at radius 3 is 2.70 bits per heavy atom. The molecule has 0 aromatic heterocycles. The monoisotopic (exact) mass is 278 g/mol. The minimum absolute atomic E-state index is 0.612. The molecule has 1 aliphatic rings. The molecule has 1 aliphatic heterocycles. The SMILES string of the molecule is CC[C@](C)(O)CNCc1ccccc1N1CCOCC1. The molecule has 1 aromatic rings. The van der Waals surface area contributed by atoms with Gasteiger partial charge in [0.1, 0.15) is 0 Å². The second-order valence-corrected chi connectivity index (χ2v) is 5.68. The van der Waals surface area contributed by atoms with Crippen LogP contribution in [0.25, 0.3) is 0 Å². The van der Waals surface area contributed by atoms with Gasteiger partial charge in [-0.3, -0.25) is 0 Å². The summed E-state index contributed by atoms with van der Waals surface area (Å²) >= 11 is 0. The minimum Gasteiger partial charge on any atom is -0.389 e. The Bertz CT molecular complexity index is 415. The predicted octanol–water partition coefficient (Wildman–Crippen LogP) is 1.77. The first-order chi connectivity index (χ1) is 9.62. The van der Waals surface area contributed by atoms with Crippen LogP contribution in [0.3, 0.4) is 0 Å². The molecule has 1 saturated heterocycles. The third kappa shape index (κ3) is 4.20. The van der Waals surface area contributed by atoms with E-state index < -0.39 is 5.60 Å². The molecule has 4 heteroatoms. The highest BCUT2D eigenvalue weighted by Crippen LogP contribution is 2.21. The average Bonchev–Trinajstić information content (AvgIpc) is 2.48. The molecule has 20 heavy (non-hydrogen) atoms. The molecule has 1 heterocycles. The summed E-state index contributed by atoms with van der Waals surface area (Å²) in [5.74, 6) is 0. The van der Waals surface area contributed by atoms with Gasteiger partial charge in [0.05, 0.1) is 18.8 Å². The Hall–Kier alpha value is -1.10. The maximum absolute atomic E-state index is 10.0. The molecule has 0 aliphatic carbocycles. The van der Waals surface area contributed by atoms with Gasteiger partial charge in [0, 0.05) is 31.9 Å². The van der Waals surface area contributed by atoms with E-state index in [9.17, 15) is 5.11 Å². The van der Waals surface area contributed by atoms with Crippen LogP contribution in [0.4, 0.5) is 5.69 Å². The van der Waals surface area contributed by atoms with Crippen molar-refractivity contribution in [3.8, 4) is 0 Å². The topological polar surface area (TPSA) is 44.7 Å². The number of aliphatic hydroxyl groups is 1. The van der Waals surface area contributed by atoms with Gasteiger partial charge in [-0.2, -0.15) is 0 Å². The number of nitrogens with zero attached hydrogens (tertiary/aromatic N) is 1. The van der Waals surface area contributed by atoms with Crippen LogP contribution in [0.15, 0.2) is 24.3 Å². The first-order valence-corrected chi connectivity index (χ1v) is 7.46. The lowest BCUT2D eigenvalue weighted by atomic mass is 10.0. The van der Waals surface area contributed by atoms with E-state index in [1.807, 2.05) is 13.8 Å². The molecule has 0 unspecified atom stereocenters. The lowest BCUT2D eigenvalue weighted by Gasteiger charge is -2.31. The van der Waals surface area contributed by atoms with Crippen molar-refractivity contribution >= 4 is 5.69 Å². The number of hydrogen-bond acceptors (Lipinski definition) is 4. The second-order valence-electron chi connectivity index (χ2n) is 5.68. The molecule has 1 fully saturated rings. The Balaban J connectivity index is 1.97. The zero-order valence-corrected chi connectivity index (χ0v) is 12.6. The van der Waals surface area contributed by atoms with Gasteiger partial charge in [-0.05, 0) is 25.0 Å². The van der Waals surface area contributed by atoms with E-state index in [1.54, 1.807) is 0 Å². The van der Waals surface area contributed by atoms with E-state index in [1.165, 1.54) is 11.3 Å². The third-order valence-corrected chi connectivity index (χ3v) is 3.93. The summed E-state index contributed by atoms with van der Waals surface area (Å²) in [7, 11) is 0. The fraction of sp³-hybridized carbons (Fsp3) is 0.625. The summed E-state index contributed by atoms with van der Waals surface area (Å²) in [4.78, 5) is 2.37. The van der Waals surface area contributed by atoms with E-state index >= 15 is 0 Å². The number of nitrogens with one attached hydrogen (secondary N) is 1. The number of morpholine rings is 1. The summed E-state index contributed by atoms with van der Waals surface area (Å²) in [6.45, 7) is 8.76. The van der Waals surface area contributed by atoms with E-state index in [4.69, 9.17) is 4.74 Å². The van der Waals surface area contributed by atoms with Crippen molar-refractivity contribution in [3.63, 3.8) is 0 Å². The first-order valence-electron chi connectivity index (χ1n) is 7.46. The number of anilines is 1. The van der Waals surface area contributed by atoms with Crippen LogP contribution in [-0.2, 0) is 11.3 Å². The molecule has 1 aromatic carbocycles. The van der Waals surface area contributed by atoms with Crippen molar-refractivity contribution in [2.45, 2.75) is 32.4 Å². The first kappa shape index (κ1) is 15.3. The molecule has 1 atom stereocenters. The predicted molar refractivity (Wildman–Crippen MR) is 82.1 cm³/mol. The smallest absolute Gasteiger partial charge is 0.0741 e. The Kier molecular flexibility index (Phi) is 5.40. The summed E-state index contributed by atoms with van der Waals surface area (Å²) in [5, 5.41) is 13.4. The van der Waals surface area contributed by atoms with Gasteiger partial charge in [-0.15, -0.1) is 0 Å². The van der Waals surface area contributed by atoms with E-state index in [0.717, 1.165) is 39.3 Å². The molecule has 0 radical (unpaired) electrons. The molecule has 2 N–H and O–H groups in total. The third-order valence-electron chi connectivity index (χ3n) is 3.93. The van der Waals surface area contributed by atoms with Crippen LogP contribution in [0.1, 0.15) is 25.8 Å². The number of hydrogen-bond donors (Lipinski definition) is 2. The normalized spacial score (nSPS) is 18.9. The van der Waals surface area contributed by atoms with Gasteiger partial charge < -0.3 is 20.1 Å². The van der Waals surface area contributed by atoms with Crippen LogP contribution in [0.2, 0.25) is 0 Å². The molecule has 4 nitrogen and oxygen atoms in total. The van der Waals surface area contributed by atoms with Crippen LogP contribution in [0.5, 0.6) is 0 Å². The molecule has 112 valence electrons. The highest BCUT2D eigenvalue weighted by atomic mass is 16.5. The lowest BCUT2D eigenvalue weighted by Crippen LogP contribution is -2.38. The van der Waals surface area contributed by atoms with Gasteiger partial charge in [0.15, 0.2) is 0 Å². The zero-order chi connectivity index (χ0) is 14.4. The van der Waals surface area contributed by atoms with Crippen molar-refractivity contribution < 1.29 is 9.84 Å². The molecular formula is C16H26N2O2. The van der Waals surface area contributed by atoms with Crippen molar-refractivity contribution in [1.82, 2.24) is 5.32 Å². The molecular weight excluding hydrogens is 252 g/mol. The van der Waals surface area contributed by atoms with Gasteiger partial charge >= 0.3 is 0 Å². The molecule has 0 amide bonds. The van der Waals surface area contributed by atoms with E-state index in [0.29, 0.717) is 6.54 Å². The van der Waals surface area contributed by atoms with Crippen LogP contribution in [-0.4, -0.2) is 43.6 Å². The van der Waals surface area contributed by atoms with Crippen LogP contribution < -0.4 is 10.2 Å². The molecule has 0 bridgehead atoms. The van der Waals surface area contributed by atoms with E-state index in [-0.39, 0.29) is 0 Å². The molecule has 0 saturated carbocycles. The fourth-order valence-electron chi connectivity index (χ4n) is 2.36. The van der Waals surface area contributed by atoms with Crippen molar-refractivity contribution in [3.05, 3.63) is 29.8 Å². The number of benzene rings is 1. The Morgan fingerprint density at radius 2 is 2.00 bits per heavy atom. The summed E-state index contributed by atoms with van der Waals surface area (Å²) < 4.78 is 5.41. The summed E-state index contributed by atoms with van der Waals surface area (Å²) in [6.07, 6.45) is 0.755. The minimum atomic E-state index is -0.631. The average molecular weight is 278 g/mol. The number of ether oxygens (including phenoxy) is 1. The maximum Gasteiger partial charge on any atom is 0.0741 e. The van der Waals surface area contributed by atoms with Gasteiger partial charge in [0.2, 0.25) is 0 Å². The fourth-order valence-corrected chi connectivity index (χ4v) is 2.36. The van der Waals surface area contributed by atoms with Crippen molar-refractivity contribution in [2.75, 3.05) is 37.7 Å². The van der Waals surface area contributed by atoms with Crippen molar-refractivity contribution in [1.29, 1.82) is 0 Å². The van der Waals surface area contributed by atoms with Gasteiger partial charge in [0.25, 0.3) is 0 Å². The van der Waals surface area contributed by atoms with Gasteiger partial charge in [-0.25, -0.2) is 0 Å². The highest BCUT2D eigenvalue weighted by molar-refractivity contribution is 5.53. The molecule has 0 spiro atoms. The largest absolute Gasteiger partial charge is 0.389 e. The number of rotatable bonds is 6. The van der Waals surface area contributed by atoms with Crippen molar-refractivity contribution in [2.24, 2.45) is 0 Å². The summed E-state index contributed by atoms with van der Waals surface area (Å²) in [5.41, 5.74) is 1.93. The Morgan fingerprint density at radius 1 is 1.30 bits per heavy atom. The quantitative estimate of drug-likeness (QED) is 0.832. The summed E-state index contributed by atoms with van der Waals surface area (Å²) in [6, 6.07) is 8.47. The van der Waals surface area contributed by atoms with Crippen LogP contribution >= 0.6 is 0 Å². The maximum atomic E-state index is 10.0. The van der Waals surface area contributed by atoms with Gasteiger partial charge in [-0.1, -0.05) is 25.1 Å². The molecule has 2 rings (SSSR count). The second kappa shape index (κ2) is 7.07. The van der Waals surface area contributed by atoms with E-state index in [2.05, 4.69) is 34.5 Å². The van der Waals surface area contributed by atoms with Crippen LogP contribution in [0, 0.1) is 0 Å².